The van der Waals surface area contributed by atoms with Gasteiger partial charge in [0, 0.05) is 24.2 Å². The molecule has 0 atom stereocenters. The van der Waals surface area contributed by atoms with E-state index < -0.39 is 0 Å². The van der Waals surface area contributed by atoms with Crippen molar-refractivity contribution in [3.63, 3.8) is 0 Å². The monoisotopic (exact) mass is 264 g/mol. The quantitative estimate of drug-likeness (QED) is 0.908. The van der Waals surface area contributed by atoms with Gasteiger partial charge in [-0.05, 0) is 30.2 Å². The van der Waals surface area contributed by atoms with Crippen LogP contribution in [-0.2, 0) is 13.0 Å². The molecule has 0 radical (unpaired) electrons. The van der Waals surface area contributed by atoms with Gasteiger partial charge in [-0.1, -0.05) is 36.4 Å². The second kappa shape index (κ2) is 5.29. The van der Waals surface area contributed by atoms with E-state index in [4.69, 9.17) is 0 Å². The standard InChI is InChI=1S/C17H16N2O/c1-12-9-14-7-8-15(10-16(14)19-12)17(20)18-11-13-5-3-2-4-6-13/h2-8,10H,9,11H2,1H3,(H,18,20). The van der Waals surface area contributed by atoms with E-state index in [2.05, 4.69) is 10.3 Å². The van der Waals surface area contributed by atoms with Crippen molar-refractivity contribution in [1.82, 2.24) is 5.32 Å². The van der Waals surface area contributed by atoms with Crippen LogP contribution in [0.4, 0.5) is 5.69 Å². The molecule has 100 valence electrons. The van der Waals surface area contributed by atoms with E-state index in [9.17, 15) is 4.79 Å². The Hall–Kier alpha value is -2.42. The van der Waals surface area contributed by atoms with Crippen LogP contribution in [0.5, 0.6) is 0 Å². The zero-order chi connectivity index (χ0) is 13.9. The third-order valence-electron chi connectivity index (χ3n) is 3.40. The number of fused-ring (bicyclic) bond motifs is 1. The number of rotatable bonds is 3. The van der Waals surface area contributed by atoms with E-state index in [1.165, 1.54) is 5.56 Å². The Morgan fingerprint density at radius 1 is 1.20 bits per heavy atom. The van der Waals surface area contributed by atoms with E-state index in [1.807, 2.05) is 55.5 Å². The van der Waals surface area contributed by atoms with Gasteiger partial charge < -0.3 is 5.32 Å². The second-order valence-electron chi connectivity index (χ2n) is 5.04. The number of carbonyl (C=O) groups excluding carboxylic acids is 1. The molecule has 3 nitrogen and oxygen atoms in total. The van der Waals surface area contributed by atoms with Crippen LogP contribution in [-0.4, -0.2) is 11.6 Å². The summed E-state index contributed by atoms with van der Waals surface area (Å²) in [6.45, 7) is 2.55. The summed E-state index contributed by atoms with van der Waals surface area (Å²) < 4.78 is 0. The Morgan fingerprint density at radius 3 is 2.80 bits per heavy atom. The van der Waals surface area contributed by atoms with Crippen molar-refractivity contribution < 1.29 is 4.79 Å². The van der Waals surface area contributed by atoms with Crippen LogP contribution in [0.25, 0.3) is 0 Å². The Balaban J connectivity index is 1.70. The van der Waals surface area contributed by atoms with Gasteiger partial charge in [0.15, 0.2) is 0 Å². The van der Waals surface area contributed by atoms with E-state index in [-0.39, 0.29) is 5.91 Å². The molecule has 0 aliphatic carbocycles. The fourth-order valence-electron chi connectivity index (χ4n) is 2.36. The molecule has 0 unspecified atom stereocenters. The van der Waals surface area contributed by atoms with Crippen LogP contribution in [0.15, 0.2) is 53.5 Å². The van der Waals surface area contributed by atoms with Crippen LogP contribution >= 0.6 is 0 Å². The highest BCUT2D eigenvalue weighted by Crippen LogP contribution is 2.27. The van der Waals surface area contributed by atoms with E-state index in [0.29, 0.717) is 12.1 Å². The van der Waals surface area contributed by atoms with Gasteiger partial charge in [-0.25, -0.2) is 0 Å². The molecule has 3 heteroatoms. The maximum Gasteiger partial charge on any atom is 0.251 e. The summed E-state index contributed by atoms with van der Waals surface area (Å²) >= 11 is 0. The molecule has 1 aliphatic rings. The van der Waals surface area contributed by atoms with Crippen molar-refractivity contribution in [1.29, 1.82) is 0 Å². The third-order valence-corrected chi connectivity index (χ3v) is 3.40. The summed E-state index contributed by atoms with van der Waals surface area (Å²) in [4.78, 5) is 16.6. The first-order valence-electron chi connectivity index (χ1n) is 6.71. The van der Waals surface area contributed by atoms with Crippen molar-refractivity contribution >= 4 is 17.3 Å². The van der Waals surface area contributed by atoms with Crippen molar-refractivity contribution in [2.75, 3.05) is 0 Å². The van der Waals surface area contributed by atoms with Crippen LogP contribution in [0.3, 0.4) is 0 Å². The highest BCUT2D eigenvalue weighted by Gasteiger charge is 2.14. The minimum Gasteiger partial charge on any atom is -0.348 e. The first-order chi connectivity index (χ1) is 9.72. The molecule has 1 aliphatic heterocycles. The molecule has 20 heavy (non-hydrogen) atoms. The first-order valence-corrected chi connectivity index (χ1v) is 6.71. The molecule has 0 aromatic heterocycles. The largest absolute Gasteiger partial charge is 0.348 e. The van der Waals surface area contributed by atoms with E-state index in [1.54, 1.807) is 0 Å². The molecule has 2 aromatic rings. The molecule has 0 saturated heterocycles. The average Bonchev–Trinajstić information content (AvgIpc) is 2.85. The minimum absolute atomic E-state index is 0.0589. The number of hydrogen-bond acceptors (Lipinski definition) is 2. The van der Waals surface area contributed by atoms with Gasteiger partial charge in [-0.15, -0.1) is 0 Å². The third kappa shape index (κ3) is 2.62. The topological polar surface area (TPSA) is 41.5 Å². The molecular formula is C17H16N2O. The smallest absolute Gasteiger partial charge is 0.251 e. The van der Waals surface area contributed by atoms with Gasteiger partial charge in [0.05, 0.1) is 5.69 Å². The fraction of sp³-hybridized carbons (Fsp3) is 0.176. The molecule has 1 N–H and O–H groups in total. The maximum absolute atomic E-state index is 12.1. The van der Waals surface area contributed by atoms with Gasteiger partial charge in [0.2, 0.25) is 0 Å². The fourth-order valence-corrected chi connectivity index (χ4v) is 2.36. The predicted molar refractivity (Wildman–Crippen MR) is 80.5 cm³/mol. The number of carbonyl (C=O) groups is 1. The molecule has 0 saturated carbocycles. The number of benzene rings is 2. The first kappa shape index (κ1) is 12.6. The van der Waals surface area contributed by atoms with Crippen molar-refractivity contribution in [3.8, 4) is 0 Å². The summed E-state index contributed by atoms with van der Waals surface area (Å²) in [7, 11) is 0. The average molecular weight is 264 g/mol. The van der Waals surface area contributed by atoms with Gasteiger partial charge in [0.25, 0.3) is 5.91 Å². The zero-order valence-electron chi connectivity index (χ0n) is 11.4. The van der Waals surface area contributed by atoms with E-state index in [0.717, 1.165) is 23.4 Å². The number of hydrogen-bond donors (Lipinski definition) is 1. The van der Waals surface area contributed by atoms with Gasteiger partial charge in [0.1, 0.15) is 0 Å². The normalized spacial score (nSPS) is 12.8. The van der Waals surface area contributed by atoms with Gasteiger partial charge >= 0.3 is 0 Å². The molecule has 2 aromatic carbocycles. The minimum atomic E-state index is -0.0589. The molecule has 1 heterocycles. The van der Waals surface area contributed by atoms with Crippen LogP contribution in [0.2, 0.25) is 0 Å². The molecule has 3 rings (SSSR count). The van der Waals surface area contributed by atoms with Gasteiger partial charge in [-0.2, -0.15) is 0 Å². The van der Waals surface area contributed by atoms with E-state index >= 15 is 0 Å². The zero-order valence-corrected chi connectivity index (χ0v) is 11.4. The van der Waals surface area contributed by atoms with Crippen molar-refractivity contribution in [2.24, 2.45) is 4.99 Å². The van der Waals surface area contributed by atoms with Crippen LogP contribution < -0.4 is 5.32 Å². The van der Waals surface area contributed by atoms with Crippen molar-refractivity contribution in [2.45, 2.75) is 19.9 Å². The second-order valence-corrected chi connectivity index (χ2v) is 5.04. The number of nitrogens with one attached hydrogen (secondary N) is 1. The lowest BCUT2D eigenvalue weighted by Crippen LogP contribution is -2.22. The Kier molecular flexibility index (Phi) is 3.33. The Morgan fingerprint density at radius 2 is 2.00 bits per heavy atom. The maximum atomic E-state index is 12.1. The summed E-state index contributed by atoms with van der Waals surface area (Å²) in [5.41, 5.74) is 4.98. The molecule has 0 bridgehead atoms. The molecular weight excluding hydrogens is 248 g/mol. The number of nitrogens with zero attached hydrogens (tertiary/aromatic N) is 1. The highest BCUT2D eigenvalue weighted by molar-refractivity contribution is 5.97. The number of aliphatic imine (C=N–C) groups is 1. The Bertz CT molecular complexity index is 675. The lowest BCUT2D eigenvalue weighted by molar-refractivity contribution is 0.0951. The summed E-state index contributed by atoms with van der Waals surface area (Å²) in [6.07, 6.45) is 0.890. The lowest BCUT2D eigenvalue weighted by Gasteiger charge is -2.06. The highest BCUT2D eigenvalue weighted by atomic mass is 16.1. The molecule has 0 spiro atoms. The molecule has 1 amide bonds. The summed E-state index contributed by atoms with van der Waals surface area (Å²) in [5.74, 6) is -0.0589. The van der Waals surface area contributed by atoms with Crippen LogP contribution in [0.1, 0.15) is 28.4 Å². The summed E-state index contributed by atoms with van der Waals surface area (Å²) in [5, 5.41) is 2.93. The van der Waals surface area contributed by atoms with Gasteiger partial charge in [-0.3, -0.25) is 9.79 Å². The number of amides is 1. The van der Waals surface area contributed by atoms with Crippen LogP contribution in [0, 0.1) is 0 Å². The Labute approximate surface area is 118 Å². The summed E-state index contributed by atoms with van der Waals surface area (Å²) in [6, 6.07) is 15.6. The SMILES string of the molecule is CC1=Nc2cc(C(=O)NCc3ccccc3)ccc2C1. The van der Waals surface area contributed by atoms with Crippen molar-refractivity contribution in [3.05, 3.63) is 65.2 Å². The predicted octanol–water partition coefficient (Wildman–Crippen LogP) is 3.27. The lowest BCUT2D eigenvalue weighted by atomic mass is 10.1. The molecule has 0 fully saturated rings.